The van der Waals surface area contributed by atoms with Gasteiger partial charge in [0.25, 0.3) is 5.91 Å². The SMILES string of the molecule is CNc1nnc(C(=O)NC2CCCC(C)C2)s1. The van der Waals surface area contributed by atoms with Gasteiger partial charge < -0.3 is 10.6 Å². The Labute approximate surface area is 105 Å². The molecule has 1 aliphatic carbocycles. The van der Waals surface area contributed by atoms with E-state index in [4.69, 9.17) is 0 Å². The van der Waals surface area contributed by atoms with Crippen molar-refractivity contribution in [3.05, 3.63) is 5.01 Å². The molecule has 0 bridgehead atoms. The van der Waals surface area contributed by atoms with Crippen LogP contribution in [0.4, 0.5) is 5.13 Å². The van der Waals surface area contributed by atoms with Crippen molar-refractivity contribution in [3.8, 4) is 0 Å². The average Bonchev–Trinajstić information content (AvgIpc) is 2.77. The summed E-state index contributed by atoms with van der Waals surface area (Å²) in [4.78, 5) is 11.9. The van der Waals surface area contributed by atoms with Crippen LogP contribution in [-0.2, 0) is 0 Å². The highest BCUT2D eigenvalue weighted by atomic mass is 32.1. The molecule has 1 aromatic heterocycles. The van der Waals surface area contributed by atoms with Crippen LogP contribution >= 0.6 is 11.3 Å². The maximum absolute atomic E-state index is 11.9. The van der Waals surface area contributed by atoms with Crippen molar-refractivity contribution in [2.45, 2.75) is 38.6 Å². The molecule has 1 aliphatic rings. The molecule has 0 spiro atoms. The topological polar surface area (TPSA) is 66.9 Å². The summed E-state index contributed by atoms with van der Waals surface area (Å²) < 4.78 is 0. The Bertz CT molecular complexity index is 393. The largest absolute Gasteiger partial charge is 0.363 e. The van der Waals surface area contributed by atoms with E-state index < -0.39 is 0 Å². The molecule has 17 heavy (non-hydrogen) atoms. The lowest BCUT2D eigenvalue weighted by molar-refractivity contribution is 0.0920. The number of carbonyl (C=O) groups excluding carboxylic acids is 1. The second kappa shape index (κ2) is 5.44. The highest BCUT2D eigenvalue weighted by molar-refractivity contribution is 7.17. The Morgan fingerprint density at radius 2 is 2.24 bits per heavy atom. The number of nitrogens with one attached hydrogen (secondary N) is 2. The van der Waals surface area contributed by atoms with Crippen LogP contribution in [0, 0.1) is 5.92 Å². The van der Waals surface area contributed by atoms with E-state index in [0.29, 0.717) is 22.1 Å². The van der Waals surface area contributed by atoms with E-state index in [2.05, 4.69) is 27.8 Å². The molecule has 0 aromatic carbocycles. The van der Waals surface area contributed by atoms with Crippen molar-refractivity contribution in [2.24, 2.45) is 5.92 Å². The summed E-state index contributed by atoms with van der Waals surface area (Å²) in [6, 6.07) is 0.299. The van der Waals surface area contributed by atoms with Crippen molar-refractivity contribution in [3.63, 3.8) is 0 Å². The maximum atomic E-state index is 11.9. The van der Waals surface area contributed by atoms with Gasteiger partial charge in [-0.3, -0.25) is 4.79 Å². The maximum Gasteiger partial charge on any atom is 0.282 e. The van der Waals surface area contributed by atoms with E-state index in [1.54, 1.807) is 7.05 Å². The van der Waals surface area contributed by atoms with E-state index in [-0.39, 0.29) is 5.91 Å². The van der Waals surface area contributed by atoms with Crippen molar-refractivity contribution in [2.75, 3.05) is 12.4 Å². The molecule has 0 aliphatic heterocycles. The van der Waals surface area contributed by atoms with Gasteiger partial charge in [-0.05, 0) is 18.8 Å². The van der Waals surface area contributed by atoms with E-state index in [1.165, 1.54) is 24.2 Å². The lowest BCUT2D eigenvalue weighted by Crippen LogP contribution is -2.37. The van der Waals surface area contributed by atoms with E-state index in [9.17, 15) is 4.79 Å². The molecular weight excluding hydrogens is 236 g/mol. The summed E-state index contributed by atoms with van der Waals surface area (Å²) in [5.74, 6) is 0.611. The number of anilines is 1. The van der Waals surface area contributed by atoms with Crippen LogP contribution < -0.4 is 10.6 Å². The Kier molecular flexibility index (Phi) is 3.93. The third-order valence-electron chi connectivity index (χ3n) is 3.10. The predicted molar refractivity (Wildman–Crippen MR) is 68.3 cm³/mol. The van der Waals surface area contributed by atoms with Crippen LogP contribution in [0.2, 0.25) is 0 Å². The molecule has 1 aromatic rings. The third-order valence-corrected chi connectivity index (χ3v) is 4.04. The molecule has 1 fully saturated rings. The van der Waals surface area contributed by atoms with Gasteiger partial charge >= 0.3 is 0 Å². The summed E-state index contributed by atoms with van der Waals surface area (Å²) in [6.07, 6.45) is 4.62. The van der Waals surface area contributed by atoms with Crippen LogP contribution in [-0.4, -0.2) is 29.2 Å². The van der Waals surface area contributed by atoms with Gasteiger partial charge in [0.05, 0.1) is 0 Å². The predicted octanol–water partition coefficient (Wildman–Crippen LogP) is 1.89. The van der Waals surface area contributed by atoms with Crippen LogP contribution in [0.15, 0.2) is 0 Å². The molecule has 0 radical (unpaired) electrons. The molecule has 94 valence electrons. The molecule has 2 unspecified atom stereocenters. The molecule has 5 nitrogen and oxygen atoms in total. The molecule has 0 saturated heterocycles. The number of hydrogen-bond donors (Lipinski definition) is 2. The first-order chi connectivity index (χ1) is 8.19. The highest BCUT2D eigenvalue weighted by Gasteiger charge is 2.22. The summed E-state index contributed by atoms with van der Waals surface area (Å²) in [5.41, 5.74) is 0. The second-order valence-electron chi connectivity index (χ2n) is 4.60. The Hall–Kier alpha value is -1.17. The molecule has 1 amide bonds. The normalized spacial score (nSPS) is 24.4. The smallest absolute Gasteiger partial charge is 0.282 e. The van der Waals surface area contributed by atoms with E-state index in [0.717, 1.165) is 12.8 Å². The van der Waals surface area contributed by atoms with Gasteiger partial charge in [-0.2, -0.15) is 0 Å². The number of rotatable bonds is 3. The highest BCUT2D eigenvalue weighted by Crippen LogP contribution is 2.24. The van der Waals surface area contributed by atoms with Crippen molar-refractivity contribution >= 4 is 22.4 Å². The molecule has 2 N–H and O–H groups in total. The van der Waals surface area contributed by atoms with Gasteiger partial charge in [0.1, 0.15) is 0 Å². The standard InChI is InChI=1S/C11H18N4OS/c1-7-4-3-5-8(6-7)13-9(16)10-14-15-11(12-2)17-10/h7-8H,3-6H2,1-2H3,(H,12,15)(H,13,16). The Morgan fingerprint density at radius 1 is 1.41 bits per heavy atom. The Morgan fingerprint density at radius 3 is 2.88 bits per heavy atom. The van der Waals surface area contributed by atoms with Crippen molar-refractivity contribution in [1.29, 1.82) is 0 Å². The summed E-state index contributed by atoms with van der Waals surface area (Å²) in [6.45, 7) is 2.24. The monoisotopic (exact) mass is 254 g/mol. The number of amides is 1. The molecule has 1 heterocycles. The second-order valence-corrected chi connectivity index (χ2v) is 5.58. The zero-order valence-corrected chi connectivity index (χ0v) is 11.0. The van der Waals surface area contributed by atoms with Crippen molar-refractivity contribution < 1.29 is 4.79 Å². The van der Waals surface area contributed by atoms with Gasteiger partial charge in [-0.25, -0.2) is 0 Å². The summed E-state index contributed by atoms with van der Waals surface area (Å²) in [5, 5.41) is 14.8. The minimum atomic E-state index is -0.0944. The zero-order chi connectivity index (χ0) is 12.3. The van der Waals surface area contributed by atoms with Gasteiger partial charge in [-0.1, -0.05) is 31.1 Å². The fourth-order valence-electron chi connectivity index (χ4n) is 2.23. The summed E-state index contributed by atoms with van der Waals surface area (Å²) in [7, 11) is 1.77. The fraction of sp³-hybridized carbons (Fsp3) is 0.727. The number of aromatic nitrogens is 2. The van der Waals surface area contributed by atoms with E-state index >= 15 is 0 Å². The number of hydrogen-bond acceptors (Lipinski definition) is 5. The quantitative estimate of drug-likeness (QED) is 0.864. The minimum Gasteiger partial charge on any atom is -0.363 e. The zero-order valence-electron chi connectivity index (χ0n) is 10.2. The van der Waals surface area contributed by atoms with Crippen LogP contribution in [0.25, 0.3) is 0 Å². The first kappa shape index (κ1) is 12.3. The van der Waals surface area contributed by atoms with Crippen LogP contribution in [0.5, 0.6) is 0 Å². The third kappa shape index (κ3) is 3.15. The number of carbonyl (C=O) groups is 1. The molecule has 2 atom stereocenters. The molecule has 1 saturated carbocycles. The fourth-order valence-corrected chi connectivity index (χ4v) is 2.83. The molecule has 6 heteroatoms. The minimum absolute atomic E-state index is 0.0944. The van der Waals surface area contributed by atoms with Gasteiger partial charge in [0, 0.05) is 13.1 Å². The lowest BCUT2D eigenvalue weighted by atomic mass is 9.87. The van der Waals surface area contributed by atoms with Gasteiger partial charge in [0.15, 0.2) is 0 Å². The van der Waals surface area contributed by atoms with E-state index in [1.807, 2.05) is 0 Å². The average molecular weight is 254 g/mol. The molecule has 2 rings (SSSR count). The Balaban J connectivity index is 1.92. The summed E-state index contributed by atoms with van der Waals surface area (Å²) >= 11 is 1.28. The van der Waals surface area contributed by atoms with Crippen molar-refractivity contribution in [1.82, 2.24) is 15.5 Å². The van der Waals surface area contributed by atoms with Gasteiger partial charge in [-0.15, -0.1) is 10.2 Å². The van der Waals surface area contributed by atoms with Crippen LogP contribution in [0.3, 0.4) is 0 Å². The first-order valence-electron chi connectivity index (χ1n) is 6.01. The van der Waals surface area contributed by atoms with Gasteiger partial charge in [0.2, 0.25) is 10.1 Å². The van der Waals surface area contributed by atoms with Crippen LogP contribution in [0.1, 0.15) is 42.4 Å². The number of nitrogens with zero attached hydrogens (tertiary/aromatic N) is 2. The lowest BCUT2D eigenvalue weighted by Gasteiger charge is -2.26. The first-order valence-corrected chi connectivity index (χ1v) is 6.83. The molecular formula is C11H18N4OS.